The molecule has 1 aromatic rings. The summed E-state index contributed by atoms with van der Waals surface area (Å²) in [4.78, 5) is 4.09. The summed E-state index contributed by atoms with van der Waals surface area (Å²) >= 11 is 0. The van der Waals surface area contributed by atoms with E-state index in [2.05, 4.69) is 23.3 Å². The predicted octanol–water partition coefficient (Wildman–Crippen LogP) is 2.11. The quantitative estimate of drug-likeness (QED) is 0.763. The zero-order valence-corrected chi connectivity index (χ0v) is 8.09. The molecule has 1 N–H and O–H groups in total. The van der Waals surface area contributed by atoms with Gasteiger partial charge in [-0.05, 0) is 37.8 Å². The highest BCUT2D eigenvalue weighted by Crippen LogP contribution is 2.31. The van der Waals surface area contributed by atoms with Gasteiger partial charge in [0.05, 0.1) is 0 Å². The molecule has 13 heavy (non-hydrogen) atoms. The van der Waals surface area contributed by atoms with Gasteiger partial charge in [-0.1, -0.05) is 6.07 Å². The predicted molar refractivity (Wildman–Crippen MR) is 53.3 cm³/mol. The van der Waals surface area contributed by atoms with E-state index in [-0.39, 0.29) is 0 Å². The monoisotopic (exact) mass is 176 g/mol. The van der Waals surface area contributed by atoms with Gasteiger partial charge in [0.2, 0.25) is 0 Å². The maximum Gasteiger partial charge on any atom is 0.0312 e. The van der Waals surface area contributed by atoms with Crippen LogP contribution in [0.15, 0.2) is 24.5 Å². The number of nitrogens with zero attached hydrogens (tertiary/aromatic N) is 1. The first-order valence-electron chi connectivity index (χ1n) is 4.92. The SMILES string of the molecule is CC1(NCc2cccnc2)CCC1. The van der Waals surface area contributed by atoms with E-state index >= 15 is 0 Å². The largest absolute Gasteiger partial charge is 0.307 e. The second kappa shape index (κ2) is 3.46. The normalized spacial score (nSPS) is 19.5. The molecule has 1 saturated carbocycles. The van der Waals surface area contributed by atoms with Crippen molar-refractivity contribution in [2.24, 2.45) is 0 Å². The Balaban J connectivity index is 1.86. The first-order chi connectivity index (χ1) is 6.29. The molecule has 0 radical (unpaired) electrons. The molecule has 0 atom stereocenters. The lowest BCUT2D eigenvalue weighted by atomic mass is 9.78. The van der Waals surface area contributed by atoms with Crippen LogP contribution in [0, 0.1) is 0 Å². The van der Waals surface area contributed by atoms with Gasteiger partial charge in [-0.2, -0.15) is 0 Å². The fourth-order valence-electron chi connectivity index (χ4n) is 1.70. The zero-order chi connectivity index (χ0) is 9.15. The molecule has 0 unspecified atom stereocenters. The van der Waals surface area contributed by atoms with Crippen molar-refractivity contribution in [1.82, 2.24) is 10.3 Å². The highest BCUT2D eigenvalue weighted by molar-refractivity contribution is 5.09. The third-order valence-corrected chi connectivity index (χ3v) is 2.90. The van der Waals surface area contributed by atoms with Crippen LogP contribution in [0.25, 0.3) is 0 Å². The van der Waals surface area contributed by atoms with Crippen molar-refractivity contribution in [1.29, 1.82) is 0 Å². The van der Waals surface area contributed by atoms with Gasteiger partial charge in [-0.15, -0.1) is 0 Å². The van der Waals surface area contributed by atoms with Gasteiger partial charge < -0.3 is 5.32 Å². The number of rotatable bonds is 3. The van der Waals surface area contributed by atoms with E-state index in [9.17, 15) is 0 Å². The summed E-state index contributed by atoms with van der Waals surface area (Å²) in [7, 11) is 0. The highest BCUT2D eigenvalue weighted by atomic mass is 15.0. The van der Waals surface area contributed by atoms with E-state index in [4.69, 9.17) is 0 Å². The summed E-state index contributed by atoms with van der Waals surface area (Å²) in [5.41, 5.74) is 1.67. The van der Waals surface area contributed by atoms with E-state index in [1.807, 2.05) is 18.5 Å². The van der Waals surface area contributed by atoms with Crippen molar-refractivity contribution in [3.63, 3.8) is 0 Å². The molecule has 0 aromatic carbocycles. The number of hydrogen-bond acceptors (Lipinski definition) is 2. The van der Waals surface area contributed by atoms with Gasteiger partial charge in [0.25, 0.3) is 0 Å². The summed E-state index contributed by atoms with van der Waals surface area (Å²) in [6.07, 6.45) is 7.74. The third kappa shape index (κ3) is 2.07. The van der Waals surface area contributed by atoms with E-state index in [1.165, 1.54) is 24.8 Å². The van der Waals surface area contributed by atoms with Crippen LogP contribution in [0.5, 0.6) is 0 Å². The standard InChI is InChI=1S/C11H16N2/c1-11(5-3-6-11)13-9-10-4-2-7-12-8-10/h2,4,7-8,13H,3,5-6,9H2,1H3. The summed E-state index contributed by atoms with van der Waals surface area (Å²) in [5.74, 6) is 0. The summed E-state index contributed by atoms with van der Waals surface area (Å²) in [6, 6.07) is 4.10. The zero-order valence-electron chi connectivity index (χ0n) is 8.09. The van der Waals surface area contributed by atoms with E-state index in [0.717, 1.165) is 6.54 Å². The molecule has 1 aliphatic rings. The molecule has 0 saturated heterocycles. The van der Waals surface area contributed by atoms with E-state index in [0.29, 0.717) is 5.54 Å². The second-order valence-corrected chi connectivity index (χ2v) is 4.13. The molecule has 2 rings (SSSR count). The highest BCUT2D eigenvalue weighted by Gasteiger charge is 2.30. The minimum atomic E-state index is 0.399. The molecule has 1 heterocycles. The molecule has 70 valence electrons. The fourth-order valence-corrected chi connectivity index (χ4v) is 1.70. The molecule has 2 heteroatoms. The number of pyridine rings is 1. The van der Waals surface area contributed by atoms with Gasteiger partial charge in [0, 0.05) is 24.5 Å². The number of nitrogens with one attached hydrogen (secondary N) is 1. The fraction of sp³-hybridized carbons (Fsp3) is 0.545. The van der Waals surface area contributed by atoms with Crippen LogP contribution < -0.4 is 5.32 Å². The lowest BCUT2D eigenvalue weighted by molar-refractivity contribution is 0.207. The minimum Gasteiger partial charge on any atom is -0.307 e. The Morgan fingerprint density at radius 1 is 1.54 bits per heavy atom. The molecule has 1 fully saturated rings. The van der Waals surface area contributed by atoms with Gasteiger partial charge in [-0.3, -0.25) is 4.98 Å². The Hall–Kier alpha value is -0.890. The maximum absolute atomic E-state index is 4.09. The van der Waals surface area contributed by atoms with E-state index < -0.39 is 0 Å². The Bertz CT molecular complexity index is 265. The van der Waals surface area contributed by atoms with Crippen molar-refractivity contribution in [3.05, 3.63) is 30.1 Å². The van der Waals surface area contributed by atoms with Crippen LogP contribution in [0.3, 0.4) is 0 Å². The molecule has 0 aliphatic heterocycles. The van der Waals surface area contributed by atoms with Crippen LogP contribution >= 0.6 is 0 Å². The molecule has 1 aromatic heterocycles. The summed E-state index contributed by atoms with van der Waals surface area (Å²) in [5, 5.41) is 3.57. The summed E-state index contributed by atoms with van der Waals surface area (Å²) in [6.45, 7) is 3.25. The molecular formula is C11H16N2. The Morgan fingerprint density at radius 2 is 2.38 bits per heavy atom. The molecule has 2 nitrogen and oxygen atoms in total. The Kier molecular flexibility index (Phi) is 2.32. The van der Waals surface area contributed by atoms with Gasteiger partial charge in [-0.25, -0.2) is 0 Å². The van der Waals surface area contributed by atoms with Crippen molar-refractivity contribution in [3.8, 4) is 0 Å². The first-order valence-corrected chi connectivity index (χ1v) is 4.92. The van der Waals surface area contributed by atoms with E-state index in [1.54, 1.807) is 0 Å². The summed E-state index contributed by atoms with van der Waals surface area (Å²) < 4.78 is 0. The third-order valence-electron chi connectivity index (χ3n) is 2.90. The average Bonchev–Trinajstić information content (AvgIpc) is 2.13. The Morgan fingerprint density at radius 3 is 2.92 bits per heavy atom. The number of aromatic nitrogens is 1. The van der Waals surface area contributed by atoms with Crippen molar-refractivity contribution in [2.75, 3.05) is 0 Å². The first kappa shape index (κ1) is 8.70. The molecule has 0 spiro atoms. The number of hydrogen-bond donors (Lipinski definition) is 1. The van der Waals surface area contributed by atoms with Crippen molar-refractivity contribution >= 4 is 0 Å². The van der Waals surface area contributed by atoms with Crippen LogP contribution in [-0.4, -0.2) is 10.5 Å². The van der Waals surface area contributed by atoms with Crippen LogP contribution in [0.2, 0.25) is 0 Å². The minimum absolute atomic E-state index is 0.399. The smallest absolute Gasteiger partial charge is 0.0312 e. The molecule has 1 aliphatic carbocycles. The Labute approximate surface area is 79.4 Å². The van der Waals surface area contributed by atoms with Crippen LogP contribution in [0.4, 0.5) is 0 Å². The molecule has 0 bridgehead atoms. The molecular weight excluding hydrogens is 160 g/mol. The lowest BCUT2D eigenvalue weighted by Gasteiger charge is -2.39. The molecule has 0 amide bonds. The maximum atomic E-state index is 4.09. The van der Waals surface area contributed by atoms with Gasteiger partial charge >= 0.3 is 0 Å². The van der Waals surface area contributed by atoms with Crippen LogP contribution in [-0.2, 0) is 6.54 Å². The van der Waals surface area contributed by atoms with Crippen LogP contribution in [0.1, 0.15) is 31.7 Å². The van der Waals surface area contributed by atoms with Crippen molar-refractivity contribution < 1.29 is 0 Å². The van der Waals surface area contributed by atoms with Crippen molar-refractivity contribution in [2.45, 2.75) is 38.3 Å². The lowest BCUT2D eigenvalue weighted by Crippen LogP contribution is -2.47. The topological polar surface area (TPSA) is 24.9 Å². The second-order valence-electron chi connectivity index (χ2n) is 4.13. The van der Waals surface area contributed by atoms with Gasteiger partial charge in [0.1, 0.15) is 0 Å². The average molecular weight is 176 g/mol. The van der Waals surface area contributed by atoms with Gasteiger partial charge in [0.15, 0.2) is 0 Å².